The van der Waals surface area contributed by atoms with Crippen molar-refractivity contribution in [2.24, 2.45) is 0 Å². The summed E-state index contributed by atoms with van der Waals surface area (Å²) < 4.78 is 9.67. The van der Waals surface area contributed by atoms with Gasteiger partial charge >= 0.3 is 0 Å². The Balaban J connectivity index is 3.30. The van der Waals surface area contributed by atoms with E-state index in [4.69, 9.17) is 21.1 Å². The van der Waals surface area contributed by atoms with Gasteiger partial charge in [-0.3, -0.25) is 0 Å². The first kappa shape index (κ1) is 8.63. The standard InChI is InChI=1S/C6H11ClO2/c1-3-8-5-6(7)9-4-2/h5H,3-4H2,1-2H3/b6-5+. The Kier molecular flexibility index (Phi) is 5.52. The van der Waals surface area contributed by atoms with Gasteiger partial charge in [0.25, 0.3) is 0 Å². The van der Waals surface area contributed by atoms with Crippen molar-refractivity contribution < 1.29 is 9.47 Å². The molecule has 0 fully saturated rings. The fourth-order valence-electron chi connectivity index (χ4n) is 0.321. The lowest BCUT2D eigenvalue weighted by Gasteiger charge is -1.98. The van der Waals surface area contributed by atoms with Crippen LogP contribution in [0.25, 0.3) is 0 Å². The van der Waals surface area contributed by atoms with E-state index in [2.05, 4.69) is 0 Å². The normalized spacial score (nSPS) is 11.2. The molecule has 0 atom stereocenters. The van der Waals surface area contributed by atoms with Crippen LogP contribution in [0.4, 0.5) is 0 Å². The highest BCUT2D eigenvalue weighted by Gasteiger charge is 1.87. The number of hydrogen-bond acceptors (Lipinski definition) is 2. The van der Waals surface area contributed by atoms with Crippen LogP contribution in [0.15, 0.2) is 11.5 Å². The van der Waals surface area contributed by atoms with Gasteiger partial charge in [0.1, 0.15) is 6.26 Å². The van der Waals surface area contributed by atoms with Gasteiger partial charge in [0.15, 0.2) is 0 Å². The molecule has 54 valence electrons. The third-order valence-electron chi connectivity index (χ3n) is 0.625. The molecule has 0 saturated heterocycles. The Hall–Kier alpha value is -0.370. The summed E-state index contributed by atoms with van der Waals surface area (Å²) in [6.07, 6.45) is 1.39. The van der Waals surface area contributed by atoms with Crippen molar-refractivity contribution >= 4 is 11.6 Å². The van der Waals surface area contributed by atoms with Gasteiger partial charge in [-0.2, -0.15) is 0 Å². The highest BCUT2D eigenvalue weighted by molar-refractivity contribution is 6.28. The number of ether oxygens (including phenoxy) is 2. The second kappa shape index (κ2) is 5.76. The topological polar surface area (TPSA) is 18.5 Å². The first-order valence-electron chi connectivity index (χ1n) is 2.91. The molecule has 0 radical (unpaired) electrons. The molecule has 3 heteroatoms. The van der Waals surface area contributed by atoms with Crippen molar-refractivity contribution in [3.05, 3.63) is 11.5 Å². The van der Waals surface area contributed by atoms with E-state index in [1.54, 1.807) is 0 Å². The van der Waals surface area contributed by atoms with Gasteiger partial charge in [-0.05, 0) is 25.4 Å². The maximum atomic E-state index is 5.47. The van der Waals surface area contributed by atoms with E-state index in [0.717, 1.165) is 0 Å². The van der Waals surface area contributed by atoms with Crippen LogP contribution >= 0.6 is 11.6 Å². The van der Waals surface area contributed by atoms with E-state index in [-0.39, 0.29) is 0 Å². The summed E-state index contributed by atoms with van der Waals surface area (Å²) >= 11 is 5.47. The minimum atomic E-state index is 0.305. The second-order valence-corrected chi connectivity index (χ2v) is 1.68. The third kappa shape index (κ3) is 5.50. The van der Waals surface area contributed by atoms with Gasteiger partial charge in [-0.25, -0.2) is 0 Å². The zero-order chi connectivity index (χ0) is 7.11. The lowest BCUT2D eigenvalue weighted by atomic mass is 10.8. The van der Waals surface area contributed by atoms with E-state index in [9.17, 15) is 0 Å². The van der Waals surface area contributed by atoms with Crippen LogP contribution in [0.5, 0.6) is 0 Å². The molecule has 0 aliphatic rings. The second-order valence-electron chi connectivity index (χ2n) is 1.31. The average molecular weight is 151 g/mol. The minimum absolute atomic E-state index is 0.305. The van der Waals surface area contributed by atoms with Crippen LogP contribution in [-0.4, -0.2) is 13.2 Å². The van der Waals surface area contributed by atoms with Crippen LogP contribution in [0.3, 0.4) is 0 Å². The lowest BCUT2D eigenvalue weighted by Crippen LogP contribution is -1.86. The van der Waals surface area contributed by atoms with Crippen LogP contribution < -0.4 is 0 Å². The van der Waals surface area contributed by atoms with Crippen molar-refractivity contribution in [2.75, 3.05) is 13.2 Å². The van der Waals surface area contributed by atoms with Crippen molar-refractivity contribution in [2.45, 2.75) is 13.8 Å². The summed E-state index contributed by atoms with van der Waals surface area (Å²) in [4.78, 5) is 0. The van der Waals surface area contributed by atoms with Gasteiger partial charge in [-0.15, -0.1) is 0 Å². The zero-order valence-corrected chi connectivity index (χ0v) is 6.44. The Morgan fingerprint density at radius 2 is 2.11 bits per heavy atom. The smallest absolute Gasteiger partial charge is 0.222 e. The minimum Gasteiger partial charge on any atom is -0.497 e. The fourth-order valence-corrected chi connectivity index (χ4v) is 0.493. The zero-order valence-electron chi connectivity index (χ0n) is 5.69. The van der Waals surface area contributed by atoms with Crippen LogP contribution in [0.2, 0.25) is 0 Å². The summed E-state index contributed by atoms with van der Waals surface area (Å²) in [5.74, 6) is 0. The van der Waals surface area contributed by atoms with Gasteiger partial charge < -0.3 is 9.47 Å². The third-order valence-corrected chi connectivity index (χ3v) is 0.823. The predicted molar refractivity (Wildman–Crippen MR) is 37.2 cm³/mol. The largest absolute Gasteiger partial charge is 0.497 e. The van der Waals surface area contributed by atoms with Crippen LogP contribution in [0.1, 0.15) is 13.8 Å². The van der Waals surface area contributed by atoms with E-state index in [0.29, 0.717) is 18.4 Å². The molecule has 0 aliphatic carbocycles. The predicted octanol–water partition coefficient (Wildman–Crippen LogP) is 2.10. The fraction of sp³-hybridized carbons (Fsp3) is 0.667. The Labute approximate surface area is 60.4 Å². The first-order valence-corrected chi connectivity index (χ1v) is 3.29. The van der Waals surface area contributed by atoms with Crippen LogP contribution in [-0.2, 0) is 9.47 Å². The van der Waals surface area contributed by atoms with Crippen molar-refractivity contribution in [3.8, 4) is 0 Å². The molecule has 0 saturated carbocycles. The Morgan fingerprint density at radius 1 is 1.44 bits per heavy atom. The molecule has 0 rings (SSSR count). The molecule has 0 aromatic heterocycles. The van der Waals surface area contributed by atoms with Crippen molar-refractivity contribution in [1.82, 2.24) is 0 Å². The SMILES string of the molecule is CCO/C=C(\Cl)OCC. The highest BCUT2D eigenvalue weighted by Crippen LogP contribution is 2.01. The Morgan fingerprint density at radius 3 is 2.56 bits per heavy atom. The molecular weight excluding hydrogens is 140 g/mol. The molecule has 2 nitrogen and oxygen atoms in total. The maximum Gasteiger partial charge on any atom is 0.222 e. The summed E-state index contributed by atoms with van der Waals surface area (Å²) in [5.41, 5.74) is 0. The van der Waals surface area contributed by atoms with Gasteiger partial charge in [0.05, 0.1) is 13.2 Å². The van der Waals surface area contributed by atoms with E-state index >= 15 is 0 Å². The van der Waals surface area contributed by atoms with E-state index in [1.807, 2.05) is 13.8 Å². The summed E-state index contributed by atoms with van der Waals surface area (Å²) in [6, 6.07) is 0. The first-order chi connectivity index (χ1) is 4.31. The summed E-state index contributed by atoms with van der Waals surface area (Å²) in [7, 11) is 0. The molecule has 0 spiro atoms. The molecule has 0 bridgehead atoms. The Bertz CT molecular complexity index is 91.1. The van der Waals surface area contributed by atoms with Gasteiger partial charge in [0, 0.05) is 0 Å². The molecule has 0 aromatic carbocycles. The molecule has 0 heterocycles. The average Bonchev–Trinajstić information content (AvgIpc) is 1.85. The highest BCUT2D eigenvalue weighted by atomic mass is 35.5. The van der Waals surface area contributed by atoms with E-state index in [1.165, 1.54) is 6.26 Å². The maximum absolute atomic E-state index is 5.47. The molecule has 9 heavy (non-hydrogen) atoms. The molecule has 0 amide bonds. The lowest BCUT2D eigenvalue weighted by molar-refractivity contribution is 0.211. The monoisotopic (exact) mass is 150 g/mol. The molecule has 0 N–H and O–H groups in total. The van der Waals surface area contributed by atoms with Crippen LogP contribution in [0, 0.1) is 0 Å². The molecule has 0 aliphatic heterocycles. The number of hydrogen-bond donors (Lipinski definition) is 0. The van der Waals surface area contributed by atoms with Crippen molar-refractivity contribution in [1.29, 1.82) is 0 Å². The molecule has 0 unspecified atom stereocenters. The molecule has 0 aromatic rings. The van der Waals surface area contributed by atoms with Gasteiger partial charge in [0.2, 0.25) is 5.22 Å². The number of rotatable bonds is 4. The molecular formula is C6H11ClO2. The summed E-state index contributed by atoms with van der Waals surface area (Å²) in [6.45, 7) is 4.93. The summed E-state index contributed by atoms with van der Waals surface area (Å²) in [5, 5.41) is 0.305. The van der Waals surface area contributed by atoms with Crippen molar-refractivity contribution in [3.63, 3.8) is 0 Å². The van der Waals surface area contributed by atoms with Gasteiger partial charge in [-0.1, -0.05) is 0 Å². The van der Waals surface area contributed by atoms with E-state index < -0.39 is 0 Å². The number of halogens is 1. The quantitative estimate of drug-likeness (QED) is 0.572.